The van der Waals surface area contributed by atoms with Crippen molar-refractivity contribution in [3.63, 3.8) is 0 Å². The first-order chi connectivity index (χ1) is 8.74. The number of carbonyl (C=O) groups is 1. The van der Waals surface area contributed by atoms with Gasteiger partial charge < -0.3 is 9.84 Å². The van der Waals surface area contributed by atoms with Crippen molar-refractivity contribution in [2.75, 3.05) is 26.2 Å². The molecule has 98 valence electrons. The standard InChI is InChI=1S/C13H18N2O3/c16-13(17)9-12-10-15(7-8-18-12)6-4-11-3-1-2-5-14-11/h1-3,5,12H,4,6-10H2,(H,16,17). The zero-order chi connectivity index (χ0) is 12.8. The highest BCUT2D eigenvalue weighted by molar-refractivity contribution is 5.67. The van der Waals surface area contributed by atoms with Crippen LogP contribution in [0.4, 0.5) is 0 Å². The highest BCUT2D eigenvalue weighted by Crippen LogP contribution is 2.09. The van der Waals surface area contributed by atoms with Gasteiger partial charge in [-0.3, -0.25) is 14.7 Å². The molecule has 5 heteroatoms. The second-order valence-electron chi connectivity index (χ2n) is 4.46. The molecule has 2 heterocycles. The quantitative estimate of drug-likeness (QED) is 0.837. The van der Waals surface area contributed by atoms with Crippen molar-refractivity contribution in [2.45, 2.75) is 18.9 Å². The lowest BCUT2D eigenvalue weighted by molar-refractivity contribution is -0.142. The van der Waals surface area contributed by atoms with E-state index in [0.29, 0.717) is 13.2 Å². The molecule has 5 nitrogen and oxygen atoms in total. The third kappa shape index (κ3) is 4.09. The molecule has 1 atom stereocenters. The molecule has 1 fully saturated rings. The third-order valence-electron chi connectivity index (χ3n) is 3.04. The summed E-state index contributed by atoms with van der Waals surface area (Å²) in [4.78, 5) is 17.2. The molecule has 1 aliphatic rings. The van der Waals surface area contributed by atoms with Crippen molar-refractivity contribution < 1.29 is 14.6 Å². The van der Waals surface area contributed by atoms with Crippen LogP contribution in [0.5, 0.6) is 0 Å². The van der Waals surface area contributed by atoms with E-state index in [4.69, 9.17) is 9.84 Å². The number of hydrogen-bond donors (Lipinski definition) is 1. The average molecular weight is 250 g/mol. The minimum absolute atomic E-state index is 0.0834. The van der Waals surface area contributed by atoms with Gasteiger partial charge in [-0.15, -0.1) is 0 Å². The summed E-state index contributed by atoms with van der Waals surface area (Å²) in [7, 11) is 0. The Morgan fingerprint density at radius 2 is 2.44 bits per heavy atom. The van der Waals surface area contributed by atoms with Crippen LogP contribution in [-0.2, 0) is 16.0 Å². The van der Waals surface area contributed by atoms with Crippen molar-refractivity contribution in [2.24, 2.45) is 0 Å². The molecule has 0 saturated carbocycles. The first-order valence-corrected chi connectivity index (χ1v) is 6.19. The Labute approximate surface area is 106 Å². The van der Waals surface area contributed by atoms with Crippen LogP contribution < -0.4 is 0 Å². The van der Waals surface area contributed by atoms with Crippen LogP contribution in [0.25, 0.3) is 0 Å². The van der Waals surface area contributed by atoms with Crippen molar-refractivity contribution in [1.82, 2.24) is 9.88 Å². The summed E-state index contributed by atoms with van der Waals surface area (Å²) >= 11 is 0. The summed E-state index contributed by atoms with van der Waals surface area (Å²) in [6.45, 7) is 3.07. The predicted molar refractivity (Wildman–Crippen MR) is 66.4 cm³/mol. The van der Waals surface area contributed by atoms with Crippen molar-refractivity contribution in [3.05, 3.63) is 30.1 Å². The molecular weight excluding hydrogens is 232 g/mol. The normalized spacial score (nSPS) is 20.8. The molecule has 1 N–H and O–H groups in total. The summed E-state index contributed by atoms with van der Waals surface area (Å²) in [5.74, 6) is -0.799. The number of aromatic nitrogens is 1. The maximum absolute atomic E-state index is 10.6. The van der Waals surface area contributed by atoms with E-state index in [0.717, 1.165) is 25.2 Å². The van der Waals surface area contributed by atoms with Gasteiger partial charge in [0.25, 0.3) is 0 Å². The molecule has 1 aliphatic heterocycles. The number of hydrogen-bond acceptors (Lipinski definition) is 4. The highest BCUT2D eigenvalue weighted by Gasteiger charge is 2.22. The molecule has 1 saturated heterocycles. The van der Waals surface area contributed by atoms with Crippen LogP contribution >= 0.6 is 0 Å². The molecule has 0 amide bonds. The van der Waals surface area contributed by atoms with E-state index in [1.165, 1.54) is 0 Å². The monoisotopic (exact) mass is 250 g/mol. The van der Waals surface area contributed by atoms with Crippen molar-refractivity contribution in [3.8, 4) is 0 Å². The van der Waals surface area contributed by atoms with E-state index in [-0.39, 0.29) is 12.5 Å². The second-order valence-corrected chi connectivity index (χ2v) is 4.46. The van der Waals surface area contributed by atoms with Crippen LogP contribution in [0, 0.1) is 0 Å². The van der Waals surface area contributed by atoms with Gasteiger partial charge in [-0.25, -0.2) is 0 Å². The predicted octanol–water partition coefficient (Wildman–Crippen LogP) is 0.800. The number of pyridine rings is 1. The van der Waals surface area contributed by atoms with Crippen LogP contribution in [-0.4, -0.2) is 53.3 Å². The first kappa shape index (κ1) is 13.0. The van der Waals surface area contributed by atoms with Crippen molar-refractivity contribution >= 4 is 5.97 Å². The molecular formula is C13H18N2O3. The number of carboxylic acid groups (broad SMARTS) is 1. The van der Waals surface area contributed by atoms with Gasteiger partial charge in [0.1, 0.15) is 0 Å². The first-order valence-electron chi connectivity index (χ1n) is 6.19. The number of nitrogens with zero attached hydrogens (tertiary/aromatic N) is 2. The van der Waals surface area contributed by atoms with E-state index in [9.17, 15) is 4.79 Å². The van der Waals surface area contributed by atoms with Gasteiger partial charge in [-0.1, -0.05) is 6.07 Å². The van der Waals surface area contributed by atoms with Gasteiger partial charge in [-0.2, -0.15) is 0 Å². The number of morpholine rings is 1. The van der Waals surface area contributed by atoms with E-state index in [1.54, 1.807) is 6.20 Å². The molecule has 0 bridgehead atoms. The summed E-state index contributed by atoms with van der Waals surface area (Å²) in [5, 5.41) is 8.75. The largest absolute Gasteiger partial charge is 0.481 e. The Balaban J connectivity index is 1.77. The van der Waals surface area contributed by atoms with Gasteiger partial charge in [0.2, 0.25) is 0 Å². The molecule has 1 unspecified atom stereocenters. The van der Waals surface area contributed by atoms with Gasteiger partial charge in [0.15, 0.2) is 0 Å². The Bertz CT molecular complexity index is 383. The van der Waals surface area contributed by atoms with Gasteiger partial charge >= 0.3 is 5.97 Å². The average Bonchev–Trinajstić information content (AvgIpc) is 2.37. The Kier molecular flexibility index (Phi) is 4.66. The third-order valence-corrected chi connectivity index (χ3v) is 3.04. The van der Waals surface area contributed by atoms with Gasteiger partial charge in [0.05, 0.1) is 19.1 Å². The van der Waals surface area contributed by atoms with E-state index in [1.807, 2.05) is 18.2 Å². The lowest BCUT2D eigenvalue weighted by Crippen LogP contribution is -2.44. The zero-order valence-electron chi connectivity index (χ0n) is 10.3. The topological polar surface area (TPSA) is 62.7 Å². The lowest BCUT2D eigenvalue weighted by Gasteiger charge is -2.32. The molecule has 0 aromatic carbocycles. The minimum atomic E-state index is -0.799. The minimum Gasteiger partial charge on any atom is -0.481 e. The fourth-order valence-electron chi connectivity index (χ4n) is 2.12. The van der Waals surface area contributed by atoms with E-state index in [2.05, 4.69) is 9.88 Å². The SMILES string of the molecule is O=C(O)CC1CN(CCc2ccccn2)CCO1. The van der Waals surface area contributed by atoms with Crippen LogP contribution in [0.15, 0.2) is 24.4 Å². The number of aliphatic carboxylic acids is 1. The fourth-order valence-corrected chi connectivity index (χ4v) is 2.12. The Morgan fingerprint density at radius 3 is 3.17 bits per heavy atom. The fraction of sp³-hybridized carbons (Fsp3) is 0.538. The maximum atomic E-state index is 10.6. The lowest BCUT2D eigenvalue weighted by atomic mass is 10.2. The number of carboxylic acids is 1. The number of rotatable bonds is 5. The summed E-state index contributed by atoms with van der Waals surface area (Å²) in [5.41, 5.74) is 1.07. The molecule has 1 aromatic rings. The maximum Gasteiger partial charge on any atom is 0.306 e. The van der Waals surface area contributed by atoms with Crippen LogP contribution in [0.2, 0.25) is 0 Å². The number of ether oxygens (including phenoxy) is 1. The van der Waals surface area contributed by atoms with Crippen molar-refractivity contribution in [1.29, 1.82) is 0 Å². The molecule has 1 aromatic heterocycles. The van der Waals surface area contributed by atoms with Crippen LogP contribution in [0.1, 0.15) is 12.1 Å². The van der Waals surface area contributed by atoms with E-state index < -0.39 is 5.97 Å². The van der Waals surface area contributed by atoms with Gasteiger partial charge in [0, 0.05) is 37.9 Å². The van der Waals surface area contributed by atoms with Crippen LogP contribution in [0.3, 0.4) is 0 Å². The zero-order valence-corrected chi connectivity index (χ0v) is 10.3. The second kappa shape index (κ2) is 6.47. The molecule has 0 radical (unpaired) electrons. The smallest absolute Gasteiger partial charge is 0.306 e. The Hall–Kier alpha value is -1.46. The summed E-state index contributed by atoms with van der Waals surface area (Å²) < 4.78 is 5.43. The highest BCUT2D eigenvalue weighted by atomic mass is 16.5. The molecule has 18 heavy (non-hydrogen) atoms. The summed E-state index contributed by atoms with van der Waals surface area (Å²) in [6.07, 6.45) is 2.59. The summed E-state index contributed by atoms with van der Waals surface area (Å²) in [6, 6.07) is 5.89. The molecule has 0 spiro atoms. The molecule has 2 rings (SSSR count). The Morgan fingerprint density at radius 1 is 1.56 bits per heavy atom. The van der Waals surface area contributed by atoms with Gasteiger partial charge in [-0.05, 0) is 12.1 Å². The van der Waals surface area contributed by atoms with E-state index >= 15 is 0 Å². The molecule has 0 aliphatic carbocycles.